The molecule has 0 saturated carbocycles. The monoisotopic (exact) mass is 305 g/mol. The fourth-order valence-corrected chi connectivity index (χ4v) is 2.39. The summed E-state index contributed by atoms with van der Waals surface area (Å²) >= 11 is 12.0. The van der Waals surface area contributed by atoms with Gasteiger partial charge in [-0.25, -0.2) is 0 Å². The molecule has 6 heteroatoms. The summed E-state index contributed by atoms with van der Waals surface area (Å²) < 4.78 is 5.02. The Bertz CT molecular complexity index is 460. The van der Waals surface area contributed by atoms with Gasteiger partial charge in [-0.1, -0.05) is 23.2 Å². The van der Waals surface area contributed by atoms with E-state index in [-0.39, 0.29) is 22.5 Å². The Kier molecular flexibility index (Phi) is 5.07. The smallest absolute Gasteiger partial charge is 0.253 e. The van der Waals surface area contributed by atoms with Gasteiger partial charge in [0.2, 0.25) is 0 Å². The molecule has 0 atom stereocenters. The first-order chi connectivity index (χ1) is 8.65. The Morgan fingerprint density at radius 3 is 2.21 bits per heavy atom. The van der Waals surface area contributed by atoms with Crippen LogP contribution in [0.3, 0.4) is 0 Å². The highest BCUT2D eigenvalue weighted by molar-refractivity contribution is 6.37. The molecule has 4 nitrogen and oxygen atoms in total. The number of benzene rings is 1. The van der Waals surface area contributed by atoms with Gasteiger partial charge in [0.25, 0.3) is 5.91 Å². The van der Waals surface area contributed by atoms with Gasteiger partial charge >= 0.3 is 0 Å². The molecule has 1 N–H and O–H groups in total. The topological polar surface area (TPSA) is 49.8 Å². The van der Waals surface area contributed by atoms with Crippen LogP contribution in [0.5, 0.6) is 5.75 Å². The second-order valence-corrected chi connectivity index (χ2v) is 5.76. The molecule has 0 spiro atoms. The van der Waals surface area contributed by atoms with Crippen LogP contribution in [0.25, 0.3) is 0 Å². The lowest BCUT2D eigenvalue weighted by atomic mass is 10.1. The minimum absolute atomic E-state index is 0.201. The van der Waals surface area contributed by atoms with E-state index >= 15 is 0 Å². The third-order valence-electron chi connectivity index (χ3n) is 2.42. The summed E-state index contributed by atoms with van der Waals surface area (Å²) in [4.78, 5) is 13.6. The number of carbonyl (C=O) groups is 1. The highest BCUT2D eigenvalue weighted by Crippen LogP contribution is 2.34. The Labute approximate surface area is 122 Å². The van der Waals surface area contributed by atoms with E-state index in [1.807, 2.05) is 0 Å². The highest BCUT2D eigenvalue weighted by atomic mass is 35.5. The Morgan fingerprint density at radius 2 is 1.84 bits per heavy atom. The molecule has 1 rings (SSSR count). The van der Waals surface area contributed by atoms with Gasteiger partial charge in [-0.15, -0.1) is 0 Å². The molecule has 0 aliphatic heterocycles. The molecule has 0 aromatic heterocycles. The van der Waals surface area contributed by atoms with Crippen LogP contribution >= 0.6 is 23.2 Å². The normalized spacial score (nSPS) is 11.3. The first-order valence-electron chi connectivity index (χ1n) is 5.66. The number of aliphatic hydroxyl groups is 1. The van der Waals surface area contributed by atoms with Crippen molar-refractivity contribution in [3.63, 3.8) is 0 Å². The van der Waals surface area contributed by atoms with E-state index in [1.165, 1.54) is 24.1 Å². The molecule has 1 amide bonds. The standard InChI is InChI=1S/C13H17Cl2NO3/c1-13(2,18)7-16(3)12(17)8-5-9(14)11(19-4)10(15)6-8/h5-6,18H,7H2,1-4H3. The van der Waals surface area contributed by atoms with E-state index in [1.54, 1.807) is 20.9 Å². The average Bonchev–Trinajstić information content (AvgIpc) is 2.25. The first kappa shape index (κ1) is 16.1. The van der Waals surface area contributed by atoms with E-state index in [9.17, 15) is 9.90 Å². The molecule has 1 aromatic rings. The van der Waals surface area contributed by atoms with Gasteiger partial charge in [-0.05, 0) is 26.0 Å². The minimum atomic E-state index is -0.968. The van der Waals surface area contributed by atoms with Crippen LogP contribution in [0.2, 0.25) is 10.0 Å². The van der Waals surface area contributed by atoms with Crippen LogP contribution in [0.4, 0.5) is 0 Å². The molecule has 1 aromatic carbocycles. The van der Waals surface area contributed by atoms with E-state index in [0.717, 1.165) is 0 Å². The van der Waals surface area contributed by atoms with Gasteiger partial charge in [0.1, 0.15) is 0 Å². The molecular weight excluding hydrogens is 289 g/mol. The predicted octanol–water partition coefficient (Wildman–Crippen LogP) is 2.84. The van der Waals surface area contributed by atoms with Crippen molar-refractivity contribution < 1.29 is 14.6 Å². The molecule has 106 valence electrons. The van der Waals surface area contributed by atoms with Gasteiger partial charge in [-0.2, -0.15) is 0 Å². The molecule has 0 saturated heterocycles. The number of ether oxygens (including phenoxy) is 1. The molecule has 0 heterocycles. The molecule has 0 radical (unpaired) electrons. The zero-order valence-corrected chi connectivity index (χ0v) is 12.8. The van der Waals surface area contributed by atoms with Gasteiger partial charge in [-0.3, -0.25) is 4.79 Å². The predicted molar refractivity (Wildman–Crippen MR) is 76.3 cm³/mol. The van der Waals surface area contributed by atoms with Gasteiger partial charge < -0.3 is 14.7 Å². The summed E-state index contributed by atoms with van der Waals surface area (Å²) in [5, 5.41) is 10.3. The Hall–Kier alpha value is -0.970. The number of hydrogen-bond acceptors (Lipinski definition) is 3. The molecule has 0 bridgehead atoms. The van der Waals surface area contributed by atoms with Crippen molar-refractivity contribution in [1.82, 2.24) is 4.90 Å². The van der Waals surface area contributed by atoms with Gasteiger partial charge in [0, 0.05) is 19.2 Å². The molecule has 0 aliphatic carbocycles. The fourth-order valence-electron chi connectivity index (χ4n) is 1.75. The number of amides is 1. The van der Waals surface area contributed by atoms with Gasteiger partial charge in [0.15, 0.2) is 5.75 Å². The maximum atomic E-state index is 12.2. The second-order valence-electron chi connectivity index (χ2n) is 4.95. The van der Waals surface area contributed by atoms with E-state index in [2.05, 4.69) is 0 Å². The van der Waals surface area contributed by atoms with Crippen LogP contribution in [-0.4, -0.2) is 42.2 Å². The Balaban J connectivity index is 3.01. The van der Waals surface area contributed by atoms with Crippen LogP contribution in [0.1, 0.15) is 24.2 Å². The molecule has 0 unspecified atom stereocenters. The quantitative estimate of drug-likeness (QED) is 0.930. The van der Waals surface area contributed by atoms with Crippen molar-refractivity contribution >= 4 is 29.1 Å². The summed E-state index contributed by atoms with van der Waals surface area (Å²) in [6, 6.07) is 2.99. The lowest BCUT2D eigenvalue weighted by Crippen LogP contribution is -2.39. The molecule has 0 aliphatic rings. The summed E-state index contributed by atoms with van der Waals surface area (Å²) in [5.41, 5.74) is -0.618. The van der Waals surface area contributed by atoms with Crippen molar-refractivity contribution in [3.8, 4) is 5.75 Å². The van der Waals surface area contributed by atoms with Crippen LogP contribution in [-0.2, 0) is 0 Å². The Morgan fingerprint density at radius 1 is 1.37 bits per heavy atom. The summed E-state index contributed by atoms with van der Waals surface area (Å²) in [6.07, 6.45) is 0. The van der Waals surface area contributed by atoms with Crippen molar-refractivity contribution in [1.29, 1.82) is 0 Å². The maximum absolute atomic E-state index is 12.2. The van der Waals surface area contributed by atoms with Crippen LogP contribution in [0, 0.1) is 0 Å². The van der Waals surface area contributed by atoms with Crippen molar-refractivity contribution in [2.24, 2.45) is 0 Å². The number of carbonyl (C=O) groups excluding carboxylic acids is 1. The lowest BCUT2D eigenvalue weighted by Gasteiger charge is -2.25. The summed E-state index contributed by atoms with van der Waals surface area (Å²) in [6.45, 7) is 3.46. The van der Waals surface area contributed by atoms with Gasteiger partial charge in [0.05, 0.1) is 22.8 Å². The van der Waals surface area contributed by atoms with Crippen molar-refractivity contribution in [3.05, 3.63) is 27.7 Å². The first-order valence-corrected chi connectivity index (χ1v) is 6.42. The van der Waals surface area contributed by atoms with E-state index in [0.29, 0.717) is 11.3 Å². The van der Waals surface area contributed by atoms with Crippen LogP contribution < -0.4 is 4.74 Å². The summed E-state index contributed by atoms with van der Waals surface area (Å²) in [5.74, 6) is 0.0682. The van der Waals surface area contributed by atoms with E-state index in [4.69, 9.17) is 27.9 Å². The fraction of sp³-hybridized carbons (Fsp3) is 0.462. The number of nitrogens with zero attached hydrogens (tertiary/aromatic N) is 1. The summed E-state index contributed by atoms with van der Waals surface area (Å²) in [7, 11) is 3.06. The highest BCUT2D eigenvalue weighted by Gasteiger charge is 2.22. The zero-order valence-electron chi connectivity index (χ0n) is 11.3. The van der Waals surface area contributed by atoms with Crippen molar-refractivity contribution in [2.45, 2.75) is 19.4 Å². The number of halogens is 2. The number of hydrogen-bond donors (Lipinski definition) is 1. The maximum Gasteiger partial charge on any atom is 0.253 e. The number of likely N-dealkylation sites (N-methyl/N-ethyl adjacent to an activating group) is 1. The number of methoxy groups -OCH3 is 1. The average molecular weight is 306 g/mol. The third kappa shape index (κ3) is 4.27. The van der Waals surface area contributed by atoms with E-state index < -0.39 is 5.60 Å². The van der Waals surface area contributed by atoms with Crippen LogP contribution in [0.15, 0.2) is 12.1 Å². The molecule has 0 fully saturated rings. The lowest BCUT2D eigenvalue weighted by molar-refractivity contribution is 0.0368. The molecule has 19 heavy (non-hydrogen) atoms. The zero-order chi connectivity index (χ0) is 14.8. The second kappa shape index (κ2) is 5.99. The third-order valence-corrected chi connectivity index (χ3v) is 2.98. The minimum Gasteiger partial charge on any atom is -0.494 e. The SMILES string of the molecule is COc1c(Cl)cc(C(=O)N(C)CC(C)(C)O)cc1Cl. The number of rotatable bonds is 4. The van der Waals surface area contributed by atoms with Crippen molar-refractivity contribution in [2.75, 3.05) is 20.7 Å². The largest absolute Gasteiger partial charge is 0.494 e. The molecular formula is C13H17Cl2NO3.